The van der Waals surface area contributed by atoms with Crippen LogP contribution in [0.3, 0.4) is 0 Å². The zero-order chi connectivity index (χ0) is 36.4. The van der Waals surface area contributed by atoms with Crippen molar-refractivity contribution in [1.82, 2.24) is 0 Å². The summed E-state index contributed by atoms with van der Waals surface area (Å²) >= 11 is 0. The van der Waals surface area contributed by atoms with E-state index in [4.69, 9.17) is 37.9 Å². The molecule has 3 aliphatic heterocycles. The van der Waals surface area contributed by atoms with Gasteiger partial charge in [-0.1, -0.05) is 0 Å². The molecule has 13 atom stereocenters. The second kappa shape index (κ2) is 16.1. The van der Waals surface area contributed by atoms with Gasteiger partial charge in [-0.25, -0.2) is 17.3 Å². The molecule has 6 unspecified atom stereocenters. The van der Waals surface area contributed by atoms with Crippen LogP contribution in [0.5, 0.6) is 0 Å². The maximum atomic E-state index is 11.5. The highest BCUT2D eigenvalue weighted by molar-refractivity contribution is 7.81. The monoisotopic (exact) mass is 766 g/mol. The van der Waals surface area contributed by atoms with E-state index in [9.17, 15) is 60.1 Å². The summed E-state index contributed by atoms with van der Waals surface area (Å²) in [5.41, 5.74) is 0. The van der Waals surface area contributed by atoms with Gasteiger partial charge in [0.05, 0.1) is 38.6 Å². The molecule has 0 aliphatic carbocycles. The number of aliphatic carboxylic acids is 1. The first-order valence-electron chi connectivity index (χ1n) is 13.4. The molecule has 27 heteroatoms. The Balaban J connectivity index is 1.80. The summed E-state index contributed by atoms with van der Waals surface area (Å²) in [6.45, 7) is -2.10. The van der Waals surface area contributed by atoms with Crippen molar-refractivity contribution in [1.29, 1.82) is 0 Å². The van der Waals surface area contributed by atoms with Gasteiger partial charge in [-0.05, 0) is 13.0 Å². The van der Waals surface area contributed by atoms with Gasteiger partial charge in [0, 0.05) is 11.8 Å². The van der Waals surface area contributed by atoms with E-state index in [0.29, 0.717) is 6.08 Å². The van der Waals surface area contributed by atoms with E-state index in [0.717, 1.165) is 6.92 Å². The lowest BCUT2D eigenvalue weighted by Gasteiger charge is -2.44. The molecule has 0 aromatic rings. The second-order valence-corrected chi connectivity index (χ2v) is 13.8. The van der Waals surface area contributed by atoms with Gasteiger partial charge < -0.3 is 54.3 Å². The van der Waals surface area contributed by atoms with Gasteiger partial charge in [0.25, 0.3) is 0 Å². The van der Waals surface area contributed by atoms with Gasteiger partial charge in [0.1, 0.15) is 42.7 Å². The molecule has 9 N–H and O–H groups in total. The highest BCUT2D eigenvalue weighted by atomic mass is 32.3. The van der Waals surface area contributed by atoms with E-state index in [-0.39, 0.29) is 0 Å². The van der Waals surface area contributed by atoms with Gasteiger partial charge in [-0.2, -0.15) is 25.3 Å². The van der Waals surface area contributed by atoms with E-state index in [1.54, 1.807) is 0 Å². The van der Waals surface area contributed by atoms with E-state index >= 15 is 0 Å². The van der Waals surface area contributed by atoms with Gasteiger partial charge in [-0.15, -0.1) is 0 Å². The number of carbonyl (C=O) groups is 1. The summed E-state index contributed by atoms with van der Waals surface area (Å²) < 4.78 is 134. The first kappa shape index (κ1) is 40.7. The molecule has 3 heterocycles. The van der Waals surface area contributed by atoms with Gasteiger partial charge in [0.15, 0.2) is 6.29 Å². The zero-order valence-electron chi connectivity index (χ0n) is 24.3. The van der Waals surface area contributed by atoms with E-state index in [2.05, 4.69) is 12.5 Å². The summed E-state index contributed by atoms with van der Waals surface area (Å²) in [6.07, 6.45) is -19.5. The molecule has 0 aromatic heterocycles. The number of aliphatic hydroxyl groups is 5. The lowest BCUT2D eigenvalue weighted by atomic mass is 9.83. The van der Waals surface area contributed by atoms with E-state index in [1.165, 1.54) is 0 Å². The topological polar surface area (TPSA) is 375 Å². The maximum Gasteiger partial charge on any atom is 0.397 e. The fourth-order valence-corrected chi connectivity index (χ4v) is 6.41. The summed E-state index contributed by atoms with van der Waals surface area (Å²) in [5.74, 6) is -5.21. The molecule has 2 fully saturated rings. The third-order valence-corrected chi connectivity index (χ3v) is 8.60. The molecule has 0 radical (unpaired) electrons. The van der Waals surface area contributed by atoms with Crippen molar-refractivity contribution in [3.8, 4) is 0 Å². The second-order valence-electron chi connectivity index (χ2n) is 10.6. The van der Waals surface area contributed by atoms with Crippen LogP contribution < -0.4 is 0 Å². The number of rotatable bonds is 15. The molecule has 2 saturated heterocycles. The minimum Gasteiger partial charge on any atom is -0.475 e. The number of ether oxygens (including phenoxy) is 5. The van der Waals surface area contributed by atoms with Crippen molar-refractivity contribution in [2.45, 2.75) is 74.4 Å². The van der Waals surface area contributed by atoms with Gasteiger partial charge in [0.2, 0.25) is 12.0 Å². The minimum absolute atomic E-state index is 0.687. The van der Waals surface area contributed by atoms with Gasteiger partial charge >= 0.3 is 37.2 Å². The molecule has 0 saturated carbocycles. The Morgan fingerprint density at radius 2 is 1.35 bits per heavy atom. The standard InChI is InChI=1S/C21H34O24S3/c1-7-17(44-47(32,33)34)16(25)18(45-48(35,36)37)13(41-7)5-38-3-8-9(20(28)42-12(14(8)23)6-40-46(29,30)31)4-39-21-15(24)10(22)2-11(43-21)19(26)27/h2,7-10,12-18,20-25,28H,3-6H2,1H3,(H,26,27)(H,29,30,31)(H,32,33,34)(H,35,36,37)/t7?,8?,9-,10?,12?,13-,14+,15-,16?,17-,18+,20?,21+/m0/s1. The number of carboxylic acid groups (broad SMARTS) is 1. The van der Waals surface area contributed by atoms with Crippen LogP contribution in [0.25, 0.3) is 0 Å². The first-order valence-corrected chi connectivity index (χ1v) is 17.5. The van der Waals surface area contributed by atoms with Crippen LogP contribution in [0.2, 0.25) is 0 Å². The Hall–Kier alpha value is -1.74. The van der Waals surface area contributed by atoms with Crippen molar-refractivity contribution in [2.75, 3.05) is 26.4 Å². The average Bonchev–Trinajstić information content (AvgIpc) is 2.93. The van der Waals surface area contributed by atoms with Crippen molar-refractivity contribution in [3.05, 3.63) is 11.8 Å². The normalized spacial score (nSPS) is 38.2. The average molecular weight is 767 g/mol. The molecule has 0 spiro atoms. The minimum atomic E-state index is -5.35. The van der Waals surface area contributed by atoms with Crippen LogP contribution in [-0.4, -0.2) is 169 Å². The zero-order valence-corrected chi connectivity index (χ0v) is 26.7. The Morgan fingerprint density at radius 1 is 0.750 bits per heavy atom. The SMILES string of the molecule is CC1O[C@@H](COCC2[C@@H](O)C(COS(=O)(=O)O)OC(O)[C@H]2CO[C@@H]2OC(C(=O)O)=CC(O)[C@@H]2O)[C@@H](OS(=O)(=O)O)C(O)[C@H]1OS(=O)(=O)O. The quantitative estimate of drug-likeness (QED) is 0.0703. The predicted molar refractivity (Wildman–Crippen MR) is 144 cm³/mol. The maximum absolute atomic E-state index is 11.5. The van der Waals surface area contributed by atoms with Crippen molar-refractivity contribution in [3.63, 3.8) is 0 Å². The first-order chi connectivity index (χ1) is 22.0. The molecule has 0 bridgehead atoms. The molecule has 48 heavy (non-hydrogen) atoms. The van der Waals surface area contributed by atoms with Crippen LogP contribution in [0, 0.1) is 11.8 Å². The number of aliphatic hydroxyl groups excluding tert-OH is 5. The number of hydrogen-bond donors (Lipinski definition) is 9. The van der Waals surface area contributed by atoms with Crippen molar-refractivity contribution >= 4 is 37.2 Å². The highest BCUT2D eigenvalue weighted by Crippen LogP contribution is 2.34. The summed E-state index contributed by atoms with van der Waals surface area (Å²) in [6, 6.07) is 0. The Labute approximate surface area is 272 Å². The Morgan fingerprint density at radius 3 is 1.92 bits per heavy atom. The van der Waals surface area contributed by atoms with E-state index < -0.39 is 149 Å². The Bertz CT molecular complexity index is 1460. The van der Waals surface area contributed by atoms with Gasteiger partial charge in [-0.3, -0.25) is 13.7 Å². The van der Waals surface area contributed by atoms with Crippen molar-refractivity contribution in [2.24, 2.45) is 11.8 Å². The van der Waals surface area contributed by atoms with Crippen LogP contribution in [0.1, 0.15) is 6.92 Å². The van der Waals surface area contributed by atoms with Crippen LogP contribution in [0.15, 0.2) is 11.8 Å². The summed E-state index contributed by atoms with van der Waals surface area (Å²) in [5, 5.41) is 61.6. The molecule has 0 amide bonds. The fourth-order valence-electron chi connectivity index (χ4n) is 5.03. The molecule has 3 rings (SSSR count). The van der Waals surface area contributed by atoms with Crippen LogP contribution in [-0.2, 0) is 72.2 Å². The number of carboxylic acids is 1. The predicted octanol–water partition coefficient (Wildman–Crippen LogP) is -5.28. The molecular formula is C21H34O24S3. The molecule has 0 aromatic carbocycles. The molecule has 3 aliphatic rings. The smallest absolute Gasteiger partial charge is 0.397 e. The Kier molecular flexibility index (Phi) is 13.6. The summed E-state index contributed by atoms with van der Waals surface area (Å²) in [4.78, 5) is 11.3. The third-order valence-electron chi connectivity index (χ3n) is 7.24. The lowest BCUT2D eigenvalue weighted by molar-refractivity contribution is -0.284. The molecule has 24 nitrogen and oxygen atoms in total. The molecule has 280 valence electrons. The largest absolute Gasteiger partial charge is 0.475 e. The third kappa shape index (κ3) is 11.4. The highest BCUT2D eigenvalue weighted by Gasteiger charge is 2.50. The number of hydrogen-bond acceptors (Lipinski definition) is 20. The van der Waals surface area contributed by atoms with Crippen LogP contribution >= 0.6 is 0 Å². The fraction of sp³-hybridized carbons (Fsp3) is 0.857. The molecular weight excluding hydrogens is 732 g/mol. The van der Waals surface area contributed by atoms with Crippen molar-refractivity contribution < 1.29 is 111 Å². The van der Waals surface area contributed by atoms with Crippen LogP contribution in [0.4, 0.5) is 0 Å². The lowest BCUT2D eigenvalue weighted by Crippen LogP contribution is -2.60. The van der Waals surface area contributed by atoms with E-state index in [1.807, 2.05) is 0 Å². The summed E-state index contributed by atoms with van der Waals surface area (Å²) in [7, 11) is -15.6.